The van der Waals surface area contributed by atoms with Crippen LogP contribution in [0, 0.1) is 12.7 Å². The molecule has 2 aromatic carbocycles. The molecule has 2 rings (SSSR count). The molecule has 10 heteroatoms. The highest BCUT2D eigenvalue weighted by atomic mass is 79.9. The molecule has 0 amide bonds. The van der Waals surface area contributed by atoms with Gasteiger partial charge in [-0.05, 0) is 47.1 Å². The average molecular weight is 475 g/mol. The summed E-state index contributed by atoms with van der Waals surface area (Å²) in [5, 5.41) is 12.7. The van der Waals surface area contributed by atoms with Crippen LogP contribution in [0.5, 0.6) is 5.75 Å². The van der Waals surface area contributed by atoms with Gasteiger partial charge in [0.2, 0.25) is 0 Å². The topological polar surface area (TPSA) is 97.2 Å². The Balaban J connectivity index is 2.09. The number of hydrogen-bond acceptors (Lipinski definition) is 6. The number of benzene rings is 2. The van der Waals surface area contributed by atoms with Crippen molar-refractivity contribution in [3.63, 3.8) is 0 Å². The highest BCUT2D eigenvalue weighted by Gasteiger charge is 2.14. The molecular weight excluding hydrogens is 455 g/mol. The monoisotopic (exact) mass is 474 g/mol. The highest BCUT2D eigenvalue weighted by molar-refractivity contribution is 9.10. The third kappa shape index (κ3) is 5.99. The molecule has 1 unspecified atom stereocenters. The van der Waals surface area contributed by atoms with Gasteiger partial charge < -0.3 is 14.6 Å². The van der Waals surface area contributed by atoms with Gasteiger partial charge in [0.05, 0.1) is 17.7 Å². The third-order valence-electron chi connectivity index (χ3n) is 3.72. The molecule has 0 spiro atoms. The van der Waals surface area contributed by atoms with Crippen LogP contribution in [0.4, 0.5) is 4.39 Å². The zero-order chi connectivity index (χ0) is 20.7. The van der Waals surface area contributed by atoms with Gasteiger partial charge in [0.15, 0.2) is 11.6 Å². The Morgan fingerprint density at radius 3 is 2.61 bits per heavy atom. The van der Waals surface area contributed by atoms with Gasteiger partial charge in [-0.2, -0.15) is 13.5 Å². The van der Waals surface area contributed by atoms with Gasteiger partial charge in [-0.15, -0.1) is 0 Å². The second-order valence-electron chi connectivity index (χ2n) is 5.82. The van der Waals surface area contributed by atoms with E-state index in [-0.39, 0.29) is 23.9 Å². The fraction of sp³-hybridized carbons (Fsp3) is 0.278. The van der Waals surface area contributed by atoms with E-state index in [9.17, 15) is 12.8 Å². The van der Waals surface area contributed by atoms with Crippen molar-refractivity contribution in [2.24, 2.45) is 5.10 Å². The number of methoxy groups -OCH3 is 1. The molecule has 0 bridgehead atoms. The zero-order valence-electron chi connectivity index (χ0n) is 15.2. The normalized spacial score (nSPS) is 12.9. The molecular formula is C18H20BrFN2O5S. The van der Waals surface area contributed by atoms with E-state index in [0.29, 0.717) is 10.0 Å². The van der Waals surface area contributed by atoms with Crippen LogP contribution in [0.15, 0.2) is 50.9 Å². The van der Waals surface area contributed by atoms with Gasteiger partial charge >= 0.3 is 0 Å². The van der Waals surface area contributed by atoms with Gasteiger partial charge in [0.1, 0.15) is 12.7 Å². The summed E-state index contributed by atoms with van der Waals surface area (Å²) in [5.41, 5.74) is 1.24. The van der Waals surface area contributed by atoms with E-state index in [2.05, 4.69) is 25.9 Å². The number of nitrogens with zero attached hydrogens (tertiary/aromatic N) is 1. The van der Waals surface area contributed by atoms with Gasteiger partial charge in [-0.3, -0.25) is 0 Å². The number of sulfonamides is 1. The van der Waals surface area contributed by atoms with Crippen LogP contribution in [0.25, 0.3) is 0 Å². The molecule has 0 aromatic heterocycles. The van der Waals surface area contributed by atoms with Crippen molar-refractivity contribution in [3.8, 4) is 5.75 Å². The summed E-state index contributed by atoms with van der Waals surface area (Å²) in [4.78, 5) is 2.15. The van der Waals surface area contributed by atoms with Crippen molar-refractivity contribution < 1.29 is 27.4 Å². The van der Waals surface area contributed by atoms with Gasteiger partial charge in [-0.25, -0.2) is 9.22 Å². The lowest BCUT2D eigenvalue weighted by molar-refractivity contribution is 0.0155. The number of nitrogens with one attached hydrogen (secondary N) is 1. The van der Waals surface area contributed by atoms with E-state index in [0.717, 1.165) is 11.6 Å². The summed E-state index contributed by atoms with van der Waals surface area (Å²) in [7, 11) is -2.41. The summed E-state index contributed by atoms with van der Waals surface area (Å²) >= 11 is 3.26. The minimum atomic E-state index is -3.82. The number of halogens is 2. The summed E-state index contributed by atoms with van der Waals surface area (Å²) in [6.07, 6.45) is 0.601. The molecule has 0 saturated carbocycles. The number of aliphatic hydroxyl groups is 1. The molecule has 0 aliphatic carbocycles. The number of aryl methyl sites for hydroxylation is 1. The standard InChI is InChI=1S/C18H20BrFN2O5S/c1-12-3-5-15(6-4-12)28(24,25)22-21-9-13-7-17(20)18(8-16(13)19)27-11-14(10-23)26-2/h3-9,14,22-23H,10-11H2,1-2H3/b21-9+. The molecule has 0 aliphatic heterocycles. The largest absolute Gasteiger partial charge is 0.488 e. The average Bonchev–Trinajstić information content (AvgIpc) is 2.66. The first kappa shape index (κ1) is 22.3. The molecule has 152 valence electrons. The van der Waals surface area contributed by atoms with Crippen molar-refractivity contribution in [2.75, 3.05) is 20.3 Å². The van der Waals surface area contributed by atoms with Crippen LogP contribution < -0.4 is 9.57 Å². The minimum Gasteiger partial charge on any atom is -0.488 e. The van der Waals surface area contributed by atoms with Crippen molar-refractivity contribution in [1.29, 1.82) is 0 Å². The summed E-state index contributed by atoms with van der Waals surface area (Å²) in [6, 6.07) is 8.81. The number of ether oxygens (including phenoxy) is 2. The molecule has 1 atom stereocenters. The molecule has 0 saturated heterocycles. The lowest BCUT2D eigenvalue weighted by atomic mass is 10.2. The maximum Gasteiger partial charge on any atom is 0.276 e. The minimum absolute atomic E-state index is 0.0276. The van der Waals surface area contributed by atoms with Crippen LogP contribution in [0.2, 0.25) is 0 Å². The second kappa shape index (κ2) is 9.97. The highest BCUT2D eigenvalue weighted by Crippen LogP contribution is 2.26. The van der Waals surface area contributed by atoms with Crippen LogP contribution in [-0.2, 0) is 14.8 Å². The number of rotatable bonds is 9. The Labute approximate surface area is 171 Å². The van der Waals surface area contributed by atoms with Crippen LogP contribution >= 0.6 is 15.9 Å². The lowest BCUT2D eigenvalue weighted by Gasteiger charge is -2.14. The Morgan fingerprint density at radius 1 is 1.32 bits per heavy atom. The SMILES string of the molecule is COC(CO)COc1cc(Br)c(/C=N/NS(=O)(=O)c2ccc(C)cc2)cc1F. The molecule has 2 N–H and O–H groups in total. The maximum atomic E-state index is 14.2. The van der Waals surface area contributed by atoms with Crippen LogP contribution in [-0.4, -0.2) is 46.2 Å². The molecule has 0 heterocycles. The Bertz CT molecular complexity index is 932. The van der Waals surface area contributed by atoms with E-state index in [1.807, 2.05) is 6.92 Å². The van der Waals surface area contributed by atoms with Crippen LogP contribution in [0.1, 0.15) is 11.1 Å². The van der Waals surface area contributed by atoms with Crippen molar-refractivity contribution >= 4 is 32.2 Å². The predicted molar refractivity (Wildman–Crippen MR) is 107 cm³/mol. The van der Waals surface area contributed by atoms with Crippen molar-refractivity contribution in [1.82, 2.24) is 4.83 Å². The zero-order valence-corrected chi connectivity index (χ0v) is 17.6. The molecule has 0 fully saturated rings. The number of aliphatic hydroxyl groups excluding tert-OH is 1. The Morgan fingerprint density at radius 2 is 2.00 bits per heavy atom. The smallest absolute Gasteiger partial charge is 0.276 e. The van der Waals surface area contributed by atoms with Gasteiger partial charge in [0, 0.05) is 17.1 Å². The summed E-state index contributed by atoms with van der Waals surface area (Å²) in [6.45, 7) is 1.56. The van der Waals surface area contributed by atoms with E-state index in [4.69, 9.17) is 14.6 Å². The fourth-order valence-electron chi connectivity index (χ4n) is 2.07. The maximum absolute atomic E-state index is 14.2. The van der Waals surface area contributed by atoms with E-state index >= 15 is 0 Å². The van der Waals surface area contributed by atoms with E-state index < -0.39 is 21.9 Å². The molecule has 0 aliphatic rings. The molecule has 28 heavy (non-hydrogen) atoms. The summed E-state index contributed by atoms with van der Waals surface area (Å²) in [5.74, 6) is -0.710. The molecule has 0 radical (unpaired) electrons. The first-order valence-corrected chi connectivity index (χ1v) is 10.4. The first-order valence-electron chi connectivity index (χ1n) is 8.14. The Hall–Kier alpha value is -2.01. The molecule has 7 nitrogen and oxygen atoms in total. The van der Waals surface area contributed by atoms with Crippen LogP contribution in [0.3, 0.4) is 0 Å². The van der Waals surface area contributed by atoms with Crippen molar-refractivity contribution in [3.05, 3.63) is 57.8 Å². The Kier molecular flexibility index (Phi) is 7.93. The lowest BCUT2D eigenvalue weighted by Crippen LogP contribution is -2.24. The fourth-order valence-corrected chi connectivity index (χ4v) is 3.28. The predicted octanol–water partition coefficient (Wildman–Crippen LogP) is 2.60. The third-order valence-corrected chi connectivity index (χ3v) is 5.65. The summed E-state index contributed by atoms with van der Waals surface area (Å²) < 4.78 is 49.3. The number of hydrogen-bond donors (Lipinski definition) is 2. The van der Waals surface area contributed by atoms with Gasteiger partial charge in [0.25, 0.3) is 10.0 Å². The van der Waals surface area contributed by atoms with E-state index in [1.165, 1.54) is 31.5 Å². The second-order valence-corrected chi connectivity index (χ2v) is 8.34. The van der Waals surface area contributed by atoms with E-state index in [1.54, 1.807) is 12.1 Å². The molecule has 2 aromatic rings. The first-order chi connectivity index (χ1) is 13.3. The van der Waals surface area contributed by atoms with Crippen molar-refractivity contribution in [2.45, 2.75) is 17.9 Å². The van der Waals surface area contributed by atoms with Gasteiger partial charge in [-0.1, -0.05) is 17.7 Å². The quantitative estimate of drug-likeness (QED) is 0.430. The number of hydrazone groups is 1.